The second-order valence-corrected chi connectivity index (χ2v) is 4.02. The van der Waals surface area contributed by atoms with Crippen molar-refractivity contribution in [2.75, 3.05) is 0 Å². The smallest absolute Gasteiger partial charge is 0.405 e. The molecule has 0 bridgehead atoms. The lowest BCUT2D eigenvalue weighted by Crippen LogP contribution is -2.15. The van der Waals surface area contributed by atoms with Gasteiger partial charge in [-0.2, -0.15) is 0 Å². The maximum absolute atomic E-state index is 10.6. The SMILES string of the molecule is CC(OC(N)=O)c1cc(CC(N)=O)cs1. The Morgan fingerprint density at radius 1 is 1.53 bits per heavy atom. The van der Waals surface area contributed by atoms with Crippen molar-refractivity contribution < 1.29 is 14.3 Å². The first-order chi connectivity index (χ1) is 6.99. The van der Waals surface area contributed by atoms with E-state index in [4.69, 9.17) is 16.2 Å². The van der Waals surface area contributed by atoms with Crippen LogP contribution in [0.5, 0.6) is 0 Å². The predicted molar refractivity (Wildman–Crippen MR) is 56.3 cm³/mol. The van der Waals surface area contributed by atoms with Crippen molar-refractivity contribution >= 4 is 23.3 Å². The number of hydrogen-bond acceptors (Lipinski definition) is 4. The highest BCUT2D eigenvalue weighted by molar-refractivity contribution is 7.10. The second kappa shape index (κ2) is 4.79. The van der Waals surface area contributed by atoms with Gasteiger partial charge in [0.1, 0.15) is 6.10 Å². The molecule has 0 fully saturated rings. The molecule has 0 saturated heterocycles. The van der Waals surface area contributed by atoms with Crippen LogP contribution in [0.1, 0.15) is 23.5 Å². The molecule has 4 N–H and O–H groups in total. The highest BCUT2D eigenvalue weighted by Gasteiger charge is 2.12. The molecule has 1 aromatic heterocycles. The lowest BCUT2D eigenvalue weighted by atomic mass is 10.2. The maximum Gasteiger partial charge on any atom is 0.405 e. The predicted octanol–water partition coefficient (Wildman–Crippen LogP) is 0.932. The van der Waals surface area contributed by atoms with Crippen LogP contribution in [0.2, 0.25) is 0 Å². The van der Waals surface area contributed by atoms with Crippen LogP contribution in [-0.2, 0) is 16.0 Å². The van der Waals surface area contributed by atoms with Crippen LogP contribution in [0.25, 0.3) is 0 Å². The Labute approximate surface area is 91.0 Å². The number of thiophene rings is 1. The second-order valence-electron chi connectivity index (χ2n) is 3.08. The Kier molecular flexibility index (Phi) is 3.68. The van der Waals surface area contributed by atoms with Crippen LogP contribution < -0.4 is 11.5 Å². The van der Waals surface area contributed by atoms with Gasteiger partial charge in [-0.25, -0.2) is 4.79 Å². The van der Waals surface area contributed by atoms with E-state index in [2.05, 4.69) is 0 Å². The van der Waals surface area contributed by atoms with Gasteiger partial charge in [-0.1, -0.05) is 0 Å². The molecule has 1 atom stereocenters. The van der Waals surface area contributed by atoms with Gasteiger partial charge in [0.05, 0.1) is 6.42 Å². The molecule has 0 aliphatic rings. The van der Waals surface area contributed by atoms with E-state index in [9.17, 15) is 9.59 Å². The van der Waals surface area contributed by atoms with Crippen molar-refractivity contribution in [1.29, 1.82) is 0 Å². The van der Waals surface area contributed by atoms with Crippen LogP contribution in [-0.4, -0.2) is 12.0 Å². The van der Waals surface area contributed by atoms with Gasteiger partial charge < -0.3 is 16.2 Å². The van der Waals surface area contributed by atoms with E-state index in [1.807, 2.05) is 0 Å². The van der Waals surface area contributed by atoms with Gasteiger partial charge in [0.15, 0.2) is 0 Å². The standard InChI is InChI=1S/C9H12N2O3S/c1-5(14-9(11)13)7-2-6(4-15-7)3-8(10)12/h2,4-5H,3H2,1H3,(H2,10,12)(H2,11,13). The van der Waals surface area contributed by atoms with E-state index in [-0.39, 0.29) is 12.3 Å². The van der Waals surface area contributed by atoms with Crippen molar-refractivity contribution in [2.45, 2.75) is 19.4 Å². The van der Waals surface area contributed by atoms with Gasteiger partial charge in [0.2, 0.25) is 5.91 Å². The Hall–Kier alpha value is -1.56. The van der Waals surface area contributed by atoms with E-state index in [0.717, 1.165) is 10.4 Å². The third-order valence-corrected chi connectivity index (χ3v) is 2.89. The summed E-state index contributed by atoms with van der Waals surface area (Å²) in [5.74, 6) is -0.386. The number of carbonyl (C=O) groups is 2. The molecule has 0 saturated carbocycles. The van der Waals surface area contributed by atoms with Crippen molar-refractivity contribution in [3.8, 4) is 0 Å². The summed E-state index contributed by atoms with van der Waals surface area (Å²) >= 11 is 1.40. The zero-order chi connectivity index (χ0) is 11.4. The fraction of sp³-hybridized carbons (Fsp3) is 0.333. The Balaban J connectivity index is 2.66. The van der Waals surface area contributed by atoms with Gasteiger partial charge in [0.25, 0.3) is 0 Å². The van der Waals surface area contributed by atoms with Gasteiger partial charge in [-0.3, -0.25) is 4.79 Å². The van der Waals surface area contributed by atoms with Gasteiger partial charge in [-0.05, 0) is 23.9 Å². The molecule has 6 heteroatoms. The Morgan fingerprint density at radius 2 is 2.20 bits per heavy atom. The van der Waals surface area contributed by atoms with E-state index in [0.29, 0.717) is 0 Å². The highest BCUT2D eigenvalue weighted by Crippen LogP contribution is 2.24. The van der Waals surface area contributed by atoms with Crippen molar-refractivity contribution in [3.05, 3.63) is 21.9 Å². The minimum absolute atomic E-state index is 0.194. The third-order valence-electron chi connectivity index (χ3n) is 1.75. The minimum Gasteiger partial charge on any atom is -0.441 e. The zero-order valence-electron chi connectivity index (χ0n) is 8.23. The van der Waals surface area contributed by atoms with Crippen LogP contribution in [0.15, 0.2) is 11.4 Å². The molecule has 0 aliphatic heterocycles. The average molecular weight is 228 g/mol. The van der Waals surface area contributed by atoms with E-state index >= 15 is 0 Å². The summed E-state index contributed by atoms with van der Waals surface area (Å²) in [6, 6.07) is 1.78. The van der Waals surface area contributed by atoms with Crippen molar-refractivity contribution in [3.63, 3.8) is 0 Å². The molecule has 0 radical (unpaired) electrons. The monoisotopic (exact) mass is 228 g/mol. The van der Waals surface area contributed by atoms with Crippen molar-refractivity contribution in [2.24, 2.45) is 11.5 Å². The van der Waals surface area contributed by atoms with Crippen LogP contribution in [0.3, 0.4) is 0 Å². The molecule has 1 unspecified atom stereocenters. The molecule has 2 amide bonds. The zero-order valence-corrected chi connectivity index (χ0v) is 9.04. The summed E-state index contributed by atoms with van der Waals surface area (Å²) in [5.41, 5.74) is 10.8. The average Bonchev–Trinajstić information content (AvgIpc) is 2.50. The van der Waals surface area contributed by atoms with Crippen LogP contribution in [0, 0.1) is 0 Å². The minimum atomic E-state index is -0.813. The molecule has 1 aromatic rings. The number of primary amides is 2. The molecule has 1 heterocycles. The summed E-state index contributed by atoms with van der Waals surface area (Å²) < 4.78 is 4.79. The Bertz CT molecular complexity index is 375. The molecule has 5 nitrogen and oxygen atoms in total. The normalized spacial score (nSPS) is 12.1. The fourth-order valence-corrected chi connectivity index (χ4v) is 2.03. The maximum atomic E-state index is 10.6. The molecule has 0 aliphatic carbocycles. The largest absolute Gasteiger partial charge is 0.441 e. The lowest BCUT2D eigenvalue weighted by Gasteiger charge is -2.07. The lowest BCUT2D eigenvalue weighted by molar-refractivity contribution is -0.117. The fourth-order valence-electron chi connectivity index (χ4n) is 1.13. The number of carbonyl (C=O) groups excluding carboxylic acids is 2. The molecular formula is C9H12N2O3S. The van der Waals surface area contributed by atoms with E-state index in [1.165, 1.54) is 11.3 Å². The number of nitrogens with two attached hydrogens (primary N) is 2. The number of rotatable bonds is 4. The summed E-state index contributed by atoms with van der Waals surface area (Å²) in [5, 5.41) is 1.81. The van der Waals surface area contributed by atoms with Crippen molar-refractivity contribution in [1.82, 2.24) is 0 Å². The van der Waals surface area contributed by atoms with Crippen LogP contribution in [0.4, 0.5) is 4.79 Å². The number of hydrogen-bond donors (Lipinski definition) is 2. The van der Waals surface area contributed by atoms with E-state index < -0.39 is 12.2 Å². The molecule has 82 valence electrons. The molecular weight excluding hydrogens is 216 g/mol. The van der Waals surface area contributed by atoms with Gasteiger partial charge >= 0.3 is 6.09 Å². The summed E-state index contributed by atoms with van der Waals surface area (Å²) in [7, 11) is 0. The first-order valence-corrected chi connectivity index (χ1v) is 5.18. The molecule has 1 rings (SSSR count). The first-order valence-electron chi connectivity index (χ1n) is 4.30. The molecule has 0 spiro atoms. The summed E-state index contributed by atoms with van der Waals surface area (Å²) in [6.07, 6.45) is -1.01. The van der Waals surface area contributed by atoms with Crippen LogP contribution >= 0.6 is 11.3 Å². The van der Waals surface area contributed by atoms with Gasteiger partial charge in [0, 0.05) is 4.88 Å². The highest BCUT2D eigenvalue weighted by atomic mass is 32.1. The topological polar surface area (TPSA) is 95.4 Å². The molecule has 15 heavy (non-hydrogen) atoms. The molecule has 0 aromatic carbocycles. The number of ether oxygens (including phenoxy) is 1. The van der Waals surface area contributed by atoms with E-state index in [1.54, 1.807) is 18.4 Å². The summed E-state index contributed by atoms with van der Waals surface area (Å²) in [6.45, 7) is 1.71. The third kappa shape index (κ3) is 3.59. The number of amides is 2. The van der Waals surface area contributed by atoms with Gasteiger partial charge in [-0.15, -0.1) is 11.3 Å². The first kappa shape index (κ1) is 11.5. The Morgan fingerprint density at radius 3 is 2.73 bits per heavy atom. The quantitative estimate of drug-likeness (QED) is 0.802. The summed E-state index contributed by atoms with van der Waals surface area (Å²) in [4.78, 5) is 22.0.